The van der Waals surface area contributed by atoms with Gasteiger partial charge < -0.3 is 10.1 Å². The fraction of sp³-hybridized carbons (Fsp3) is 0.684. The molecule has 1 aromatic rings. The fourth-order valence-corrected chi connectivity index (χ4v) is 8.57. The Morgan fingerprint density at radius 2 is 1.87 bits per heavy atom. The van der Waals surface area contributed by atoms with Crippen LogP contribution in [0.25, 0.3) is 0 Å². The third-order valence-electron chi connectivity index (χ3n) is 5.29. The van der Waals surface area contributed by atoms with Gasteiger partial charge in [-0.05, 0) is 53.7 Å². The molecule has 31 heavy (non-hydrogen) atoms. The summed E-state index contributed by atoms with van der Waals surface area (Å²) >= 11 is 0.694. The summed E-state index contributed by atoms with van der Waals surface area (Å²) in [5.41, 5.74) is 0.441. The number of thiophene rings is 1. The average molecular weight is 495 g/mol. The largest absolute Gasteiger partial charge is 0.360 e. The Morgan fingerprint density at radius 3 is 2.42 bits per heavy atom. The predicted octanol–water partition coefficient (Wildman–Crippen LogP) is 1.58. The maximum atomic E-state index is 12.9. The van der Waals surface area contributed by atoms with Crippen molar-refractivity contribution in [3.63, 3.8) is 0 Å². The highest BCUT2D eigenvalue weighted by atomic mass is 32.3. The minimum absolute atomic E-state index is 0.0449. The molecule has 1 aliphatic heterocycles. The Labute approximate surface area is 187 Å². The van der Waals surface area contributed by atoms with Gasteiger partial charge in [-0.2, -0.15) is 0 Å². The minimum Gasteiger partial charge on any atom is -0.360 e. The number of hydrogen-bond donors (Lipinski definition) is 2. The van der Waals surface area contributed by atoms with Crippen LogP contribution in [0.5, 0.6) is 0 Å². The van der Waals surface area contributed by atoms with Crippen LogP contribution in [-0.4, -0.2) is 58.4 Å². The van der Waals surface area contributed by atoms with E-state index in [1.807, 2.05) is 6.92 Å². The highest BCUT2D eigenvalue weighted by Crippen LogP contribution is 2.42. The summed E-state index contributed by atoms with van der Waals surface area (Å²) in [5.74, 6) is -0.785. The molecule has 2 unspecified atom stereocenters. The summed E-state index contributed by atoms with van der Waals surface area (Å²) in [4.78, 5) is 23.9. The van der Waals surface area contributed by atoms with Gasteiger partial charge in [0.1, 0.15) is 20.6 Å². The number of hydrogen-bond acceptors (Lipinski definition) is 9. The van der Waals surface area contributed by atoms with E-state index < -0.39 is 49.1 Å². The lowest BCUT2D eigenvalue weighted by molar-refractivity contribution is -0.140. The van der Waals surface area contributed by atoms with Crippen molar-refractivity contribution >= 4 is 42.8 Å². The van der Waals surface area contributed by atoms with Gasteiger partial charge in [-0.3, -0.25) is 9.59 Å². The first-order chi connectivity index (χ1) is 14.2. The molecule has 0 amide bonds. The Morgan fingerprint density at radius 1 is 1.26 bits per heavy atom. The van der Waals surface area contributed by atoms with Crippen LogP contribution in [-0.2, 0) is 34.2 Å². The van der Waals surface area contributed by atoms with Gasteiger partial charge in [-0.1, -0.05) is 6.92 Å². The zero-order chi connectivity index (χ0) is 23.7. The molecular formula is C19H30N2O7S3. The number of nitrogens with one attached hydrogen (secondary N) is 2. The van der Waals surface area contributed by atoms with Gasteiger partial charge in [0.15, 0.2) is 21.4 Å². The Bertz CT molecular complexity index is 1050. The van der Waals surface area contributed by atoms with Crippen molar-refractivity contribution in [1.29, 1.82) is 0 Å². The summed E-state index contributed by atoms with van der Waals surface area (Å²) in [6.45, 7) is 9.79. The molecule has 0 spiro atoms. The molecule has 12 heteroatoms. The van der Waals surface area contributed by atoms with Crippen LogP contribution in [0.15, 0.2) is 14.5 Å². The van der Waals surface area contributed by atoms with E-state index in [0.717, 1.165) is 0 Å². The first kappa shape index (κ1) is 26.1. The van der Waals surface area contributed by atoms with E-state index in [1.165, 1.54) is 33.8 Å². The Hall–Kier alpha value is -1.18. The summed E-state index contributed by atoms with van der Waals surface area (Å²) in [7, 11) is -7.77. The van der Waals surface area contributed by atoms with Crippen molar-refractivity contribution in [2.45, 2.75) is 85.9 Å². The van der Waals surface area contributed by atoms with Gasteiger partial charge in [0.2, 0.25) is 0 Å². The quantitative estimate of drug-likeness (QED) is 0.500. The SMILES string of the molecule is CCN[C@H]1C[C@H](C)S(=O)(=O)c2sc(S(=O)(=O)NC(C)C(=O)[C@H](C)OC(C)C(C)=O)cc21. The second-order valence-electron chi connectivity index (χ2n) is 7.79. The minimum atomic E-state index is -4.15. The lowest BCUT2D eigenvalue weighted by Gasteiger charge is -2.27. The summed E-state index contributed by atoms with van der Waals surface area (Å²) in [6, 6.07) is -0.0220. The van der Waals surface area contributed by atoms with Gasteiger partial charge >= 0.3 is 0 Å². The van der Waals surface area contributed by atoms with Crippen molar-refractivity contribution < 1.29 is 31.2 Å². The maximum Gasteiger partial charge on any atom is 0.250 e. The third kappa shape index (κ3) is 5.60. The van der Waals surface area contributed by atoms with Crippen LogP contribution in [0, 0.1) is 0 Å². The van der Waals surface area contributed by atoms with Gasteiger partial charge in [-0.25, -0.2) is 21.6 Å². The first-order valence-corrected chi connectivity index (χ1v) is 13.9. The number of rotatable bonds is 10. The van der Waals surface area contributed by atoms with Crippen molar-refractivity contribution in [3.05, 3.63) is 11.6 Å². The maximum absolute atomic E-state index is 12.9. The fourth-order valence-electron chi connectivity index (χ4n) is 3.34. The van der Waals surface area contributed by atoms with E-state index in [2.05, 4.69) is 10.0 Å². The van der Waals surface area contributed by atoms with Crippen LogP contribution in [0.3, 0.4) is 0 Å². The number of carbonyl (C=O) groups excluding carboxylic acids is 2. The topological polar surface area (TPSA) is 136 Å². The smallest absolute Gasteiger partial charge is 0.250 e. The molecule has 0 saturated heterocycles. The Balaban J connectivity index is 2.28. The van der Waals surface area contributed by atoms with Crippen LogP contribution in [0.4, 0.5) is 0 Å². The molecule has 176 valence electrons. The molecule has 0 radical (unpaired) electrons. The zero-order valence-electron chi connectivity index (χ0n) is 18.5. The normalized spacial score (nSPS) is 23.5. The number of Topliss-reactive ketones (excluding diaryl/α,β-unsaturated/α-hetero) is 2. The predicted molar refractivity (Wildman–Crippen MR) is 117 cm³/mol. The lowest BCUT2D eigenvalue weighted by Crippen LogP contribution is -2.44. The molecule has 9 nitrogen and oxygen atoms in total. The van der Waals surface area contributed by atoms with Crippen LogP contribution >= 0.6 is 11.3 Å². The number of carbonyl (C=O) groups is 2. The van der Waals surface area contributed by atoms with E-state index in [-0.39, 0.29) is 20.2 Å². The second kappa shape index (κ2) is 9.75. The van der Waals surface area contributed by atoms with Crippen LogP contribution in [0.1, 0.15) is 59.6 Å². The molecule has 5 atom stereocenters. The summed E-state index contributed by atoms with van der Waals surface area (Å²) in [6.07, 6.45) is -1.43. The van der Waals surface area contributed by atoms with Crippen molar-refractivity contribution in [2.75, 3.05) is 6.54 Å². The van der Waals surface area contributed by atoms with Gasteiger partial charge in [-0.15, -0.1) is 11.3 Å². The van der Waals surface area contributed by atoms with E-state index in [9.17, 15) is 26.4 Å². The third-order valence-corrected chi connectivity index (χ3v) is 11.2. The zero-order valence-corrected chi connectivity index (χ0v) is 20.9. The molecule has 1 aliphatic rings. The highest BCUT2D eigenvalue weighted by Gasteiger charge is 2.40. The number of ether oxygens (including phenoxy) is 1. The molecule has 0 saturated carbocycles. The molecule has 0 aliphatic carbocycles. The standard InChI is InChI=1S/C19H30N2O7S3/c1-7-20-16-8-10(2)30(24,25)19-15(16)9-17(29-19)31(26,27)21-11(3)18(23)14(6)28-13(5)12(4)22/h9-11,13-14,16,20-21H,7-8H2,1-6H3/t10-,11?,13?,14-,16-/m0/s1. The van der Waals surface area contributed by atoms with Crippen LogP contribution in [0.2, 0.25) is 0 Å². The van der Waals surface area contributed by atoms with Crippen LogP contribution < -0.4 is 10.0 Å². The molecule has 0 bridgehead atoms. The van der Waals surface area contributed by atoms with Crippen molar-refractivity contribution in [3.8, 4) is 0 Å². The molecule has 0 fully saturated rings. The molecule has 0 aromatic carbocycles. The monoisotopic (exact) mass is 494 g/mol. The Kier molecular flexibility index (Phi) is 8.20. The van der Waals surface area contributed by atoms with E-state index in [4.69, 9.17) is 4.74 Å². The van der Waals surface area contributed by atoms with Gasteiger partial charge in [0.05, 0.1) is 11.3 Å². The number of sulfone groups is 1. The van der Waals surface area contributed by atoms with E-state index >= 15 is 0 Å². The molecule has 2 rings (SSSR count). The highest BCUT2D eigenvalue weighted by molar-refractivity contribution is 7.95. The average Bonchev–Trinajstić information content (AvgIpc) is 3.13. The molecular weight excluding hydrogens is 464 g/mol. The van der Waals surface area contributed by atoms with E-state index in [0.29, 0.717) is 29.9 Å². The lowest BCUT2D eigenvalue weighted by atomic mass is 10.1. The first-order valence-electron chi connectivity index (χ1n) is 10.0. The van der Waals surface area contributed by atoms with Crippen molar-refractivity contribution in [2.24, 2.45) is 0 Å². The van der Waals surface area contributed by atoms with Gasteiger partial charge in [0, 0.05) is 11.6 Å². The van der Waals surface area contributed by atoms with Gasteiger partial charge in [0.25, 0.3) is 10.0 Å². The van der Waals surface area contributed by atoms with E-state index in [1.54, 1.807) is 6.92 Å². The molecule has 1 aromatic heterocycles. The number of ketones is 2. The summed E-state index contributed by atoms with van der Waals surface area (Å²) < 4.78 is 58.8. The molecule has 2 N–H and O–H groups in total. The summed E-state index contributed by atoms with van der Waals surface area (Å²) in [5, 5.41) is 2.57. The number of sulfonamides is 1. The molecule has 2 heterocycles. The second-order valence-corrected chi connectivity index (χ2v) is 13.3. The van der Waals surface area contributed by atoms with Crippen molar-refractivity contribution in [1.82, 2.24) is 10.0 Å². The number of fused-ring (bicyclic) bond motifs is 1.